The van der Waals surface area contributed by atoms with Crippen LogP contribution in [0.5, 0.6) is 0 Å². The molecule has 1 heterocycles. The van der Waals surface area contributed by atoms with Crippen molar-refractivity contribution in [3.05, 3.63) is 34.3 Å². The number of oxazole rings is 1. The Bertz CT molecular complexity index is 617. The fourth-order valence-corrected chi connectivity index (χ4v) is 2.07. The highest BCUT2D eigenvalue weighted by atomic mass is 16.4. The summed E-state index contributed by atoms with van der Waals surface area (Å²) in [6, 6.07) is 5.57. The molecule has 6 heteroatoms. The van der Waals surface area contributed by atoms with E-state index in [0.29, 0.717) is 18.7 Å². The van der Waals surface area contributed by atoms with Crippen molar-refractivity contribution in [2.45, 2.75) is 12.6 Å². The van der Waals surface area contributed by atoms with E-state index in [0.717, 1.165) is 11.1 Å². The first-order valence-corrected chi connectivity index (χ1v) is 6.07. The van der Waals surface area contributed by atoms with Gasteiger partial charge in [-0.3, -0.25) is 9.47 Å². The maximum absolute atomic E-state index is 11.4. The molecule has 0 aliphatic heterocycles. The van der Waals surface area contributed by atoms with Gasteiger partial charge in [0.1, 0.15) is 0 Å². The molecule has 6 nitrogen and oxygen atoms in total. The number of rotatable bonds is 5. The minimum atomic E-state index is -0.747. The smallest absolute Gasteiger partial charge is 0.408 e. The quantitative estimate of drug-likeness (QED) is 0.791. The van der Waals surface area contributed by atoms with Gasteiger partial charge in [0.15, 0.2) is 5.58 Å². The van der Waals surface area contributed by atoms with Crippen LogP contribution in [0.3, 0.4) is 0 Å². The SMILES string of the molecule is CN(Cc1ccc2c(c1)oc(=O)n2C)CC(O)CO. The number of benzene rings is 1. The molecule has 0 amide bonds. The lowest BCUT2D eigenvalue weighted by Crippen LogP contribution is -2.30. The van der Waals surface area contributed by atoms with E-state index >= 15 is 0 Å². The van der Waals surface area contributed by atoms with Crippen molar-refractivity contribution in [3.8, 4) is 0 Å². The third-order valence-electron chi connectivity index (χ3n) is 3.04. The predicted molar refractivity (Wildman–Crippen MR) is 70.9 cm³/mol. The molecule has 0 aliphatic carbocycles. The summed E-state index contributed by atoms with van der Waals surface area (Å²) in [5.41, 5.74) is 2.29. The normalized spacial score (nSPS) is 13.3. The summed E-state index contributed by atoms with van der Waals surface area (Å²) in [6.07, 6.45) is -0.747. The standard InChI is InChI=1S/C13H18N2O4/c1-14(7-10(17)8-16)6-9-3-4-11-12(5-9)19-13(18)15(11)2/h3-5,10,16-17H,6-8H2,1-2H3. The highest BCUT2D eigenvalue weighted by molar-refractivity contribution is 5.73. The summed E-state index contributed by atoms with van der Waals surface area (Å²) in [5.74, 6) is -0.379. The van der Waals surface area contributed by atoms with E-state index in [1.807, 2.05) is 30.1 Å². The first-order chi connectivity index (χ1) is 9.01. The van der Waals surface area contributed by atoms with Crippen molar-refractivity contribution in [2.75, 3.05) is 20.2 Å². The molecule has 0 fully saturated rings. The van der Waals surface area contributed by atoms with Crippen molar-refractivity contribution in [3.63, 3.8) is 0 Å². The third kappa shape index (κ3) is 3.04. The first-order valence-electron chi connectivity index (χ1n) is 6.07. The summed E-state index contributed by atoms with van der Waals surface area (Å²) >= 11 is 0. The summed E-state index contributed by atoms with van der Waals surface area (Å²) < 4.78 is 6.58. The van der Waals surface area contributed by atoms with E-state index in [-0.39, 0.29) is 12.4 Å². The van der Waals surface area contributed by atoms with E-state index in [2.05, 4.69) is 0 Å². The maximum Gasteiger partial charge on any atom is 0.419 e. The molecule has 2 rings (SSSR count). The molecule has 0 spiro atoms. The Labute approximate surface area is 110 Å². The minimum absolute atomic E-state index is 0.253. The zero-order valence-corrected chi connectivity index (χ0v) is 11.0. The average molecular weight is 266 g/mol. The lowest BCUT2D eigenvalue weighted by molar-refractivity contribution is 0.0648. The molecule has 1 aromatic carbocycles. The van der Waals surface area contributed by atoms with Gasteiger partial charge < -0.3 is 14.6 Å². The molecule has 0 radical (unpaired) electrons. The number of hydrogen-bond acceptors (Lipinski definition) is 5. The minimum Gasteiger partial charge on any atom is -0.408 e. The molecule has 0 aliphatic rings. The molecular weight excluding hydrogens is 248 g/mol. The van der Waals surface area contributed by atoms with Crippen LogP contribution in [-0.4, -0.2) is 46.0 Å². The van der Waals surface area contributed by atoms with Gasteiger partial charge in [0.05, 0.1) is 18.2 Å². The number of aryl methyl sites for hydroxylation is 1. The van der Waals surface area contributed by atoms with Gasteiger partial charge in [0.25, 0.3) is 0 Å². The number of likely N-dealkylation sites (N-methyl/N-ethyl adjacent to an activating group) is 1. The van der Waals surface area contributed by atoms with Gasteiger partial charge >= 0.3 is 5.76 Å². The number of hydrogen-bond donors (Lipinski definition) is 2. The molecule has 2 aromatic rings. The van der Waals surface area contributed by atoms with Gasteiger partial charge in [-0.2, -0.15) is 0 Å². The summed E-state index contributed by atoms with van der Waals surface area (Å²) in [4.78, 5) is 13.3. The Morgan fingerprint density at radius 1 is 1.47 bits per heavy atom. The van der Waals surface area contributed by atoms with Crippen molar-refractivity contribution < 1.29 is 14.6 Å². The second-order valence-electron chi connectivity index (χ2n) is 4.76. The van der Waals surface area contributed by atoms with Crippen LogP contribution in [0.25, 0.3) is 11.1 Å². The van der Waals surface area contributed by atoms with Crippen LogP contribution in [0.1, 0.15) is 5.56 Å². The zero-order chi connectivity index (χ0) is 14.0. The van der Waals surface area contributed by atoms with Crippen LogP contribution >= 0.6 is 0 Å². The zero-order valence-electron chi connectivity index (χ0n) is 11.0. The van der Waals surface area contributed by atoms with E-state index in [4.69, 9.17) is 9.52 Å². The van der Waals surface area contributed by atoms with Crippen LogP contribution in [0.2, 0.25) is 0 Å². The fourth-order valence-electron chi connectivity index (χ4n) is 2.07. The molecule has 104 valence electrons. The van der Waals surface area contributed by atoms with E-state index in [9.17, 15) is 9.90 Å². The Hall–Kier alpha value is -1.63. The number of fused-ring (bicyclic) bond motifs is 1. The van der Waals surface area contributed by atoms with Crippen molar-refractivity contribution in [1.82, 2.24) is 9.47 Å². The largest absolute Gasteiger partial charge is 0.419 e. The highest BCUT2D eigenvalue weighted by Gasteiger charge is 2.10. The van der Waals surface area contributed by atoms with Gasteiger partial charge in [-0.25, -0.2) is 4.79 Å². The lowest BCUT2D eigenvalue weighted by atomic mass is 10.2. The molecule has 0 saturated carbocycles. The van der Waals surface area contributed by atoms with Crippen molar-refractivity contribution in [2.24, 2.45) is 7.05 Å². The summed E-state index contributed by atoms with van der Waals surface area (Å²) in [7, 11) is 3.52. The molecule has 2 N–H and O–H groups in total. The van der Waals surface area contributed by atoms with Crippen molar-refractivity contribution in [1.29, 1.82) is 0 Å². The molecule has 1 unspecified atom stereocenters. The Kier molecular flexibility index (Phi) is 4.04. The number of aliphatic hydroxyl groups is 2. The van der Waals surface area contributed by atoms with Gasteiger partial charge in [-0.15, -0.1) is 0 Å². The van der Waals surface area contributed by atoms with Crippen LogP contribution in [0.4, 0.5) is 0 Å². The number of aliphatic hydroxyl groups excluding tert-OH is 2. The van der Waals surface area contributed by atoms with E-state index in [1.54, 1.807) is 7.05 Å². The van der Waals surface area contributed by atoms with Crippen LogP contribution in [0.15, 0.2) is 27.4 Å². The summed E-state index contributed by atoms with van der Waals surface area (Å²) in [6.45, 7) is 0.732. The molecular formula is C13H18N2O4. The van der Waals surface area contributed by atoms with Crippen LogP contribution < -0.4 is 5.76 Å². The van der Waals surface area contributed by atoms with Gasteiger partial charge in [0, 0.05) is 20.1 Å². The van der Waals surface area contributed by atoms with Crippen LogP contribution in [-0.2, 0) is 13.6 Å². The van der Waals surface area contributed by atoms with Crippen LogP contribution in [0, 0.1) is 0 Å². The number of aromatic nitrogens is 1. The fraction of sp³-hybridized carbons (Fsp3) is 0.462. The summed E-state index contributed by atoms with van der Waals surface area (Å²) in [5, 5.41) is 18.2. The highest BCUT2D eigenvalue weighted by Crippen LogP contribution is 2.15. The number of nitrogens with zero attached hydrogens (tertiary/aromatic N) is 2. The van der Waals surface area contributed by atoms with E-state index in [1.165, 1.54) is 4.57 Å². The second kappa shape index (κ2) is 5.56. The molecule has 0 saturated heterocycles. The Morgan fingerprint density at radius 3 is 2.89 bits per heavy atom. The average Bonchev–Trinajstić information content (AvgIpc) is 2.64. The third-order valence-corrected chi connectivity index (χ3v) is 3.04. The topological polar surface area (TPSA) is 78.8 Å². The van der Waals surface area contributed by atoms with Gasteiger partial charge in [0.2, 0.25) is 0 Å². The van der Waals surface area contributed by atoms with E-state index < -0.39 is 6.10 Å². The van der Waals surface area contributed by atoms with Gasteiger partial charge in [-0.05, 0) is 24.7 Å². The molecule has 1 atom stereocenters. The lowest BCUT2D eigenvalue weighted by Gasteiger charge is -2.19. The monoisotopic (exact) mass is 266 g/mol. The first kappa shape index (κ1) is 13.8. The van der Waals surface area contributed by atoms with Crippen molar-refractivity contribution >= 4 is 11.1 Å². The Morgan fingerprint density at radius 2 is 2.21 bits per heavy atom. The Balaban J connectivity index is 2.15. The predicted octanol–water partition coefficient (Wildman–Crippen LogP) is -0.0835. The second-order valence-corrected chi connectivity index (χ2v) is 4.76. The molecule has 0 bridgehead atoms. The maximum atomic E-state index is 11.4. The van der Waals surface area contributed by atoms with Gasteiger partial charge in [-0.1, -0.05) is 6.07 Å². The molecule has 1 aromatic heterocycles. The molecule has 19 heavy (non-hydrogen) atoms.